The van der Waals surface area contributed by atoms with Crippen molar-refractivity contribution in [3.05, 3.63) is 82.8 Å². The van der Waals surface area contributed by atoms with E-state index in [4.69, 9.17) is 4.74 Å². The van der Waals surface area contributed by atoms with E-state index in [1.54, 1.807) is 0 Å². The number of carbonyl (C=O) groups excluding carboxylic acids is 2. The number of para-hydroxylation sites is 1. The van der Waals surface area contributed by atoms with Gasteiger partial charge in [-0.15, -0.1) is 0 Å². The Balaban J connectivity index is 1.71. The molecule has 2 heterocycles. The van der Waals surface area contributed by atoms with E-state index in [0.717, 1.165) is 39.2 Å². The Labute approximate surface area is 212 Å². The lowest BCUT2D eigenvalue weighted by Gasteiger charge is -2.43. The molecule has 0 atom stereocenters. The topological polar surface area (TPSA) is 48.3 Å². The molecule has 4 nitrogen and oxygen atoms in total. The lowest BCUT2D eigenvalue weighted by Crippen LogP contribution is -2.37. The van der Waals surface area contributed by atoms with Crippen LogP contribution in [0.25, 0.3) is 22.2 Å². The Morgan fingerprint density at radius 2 is 1.28 bits per heavy atom. The van der Waals surface area contributed by atoms with E-state index in [1.807, 2.05) is 30.3 Å². The van der Waals surface area contributed by atoms with Crippen LogP contribution in [0.1, 0.15) is 64.9 Å². The van der Waals surface area contributed by atoms with Gasteiger partial charge >= 0.3 is 0 Å². The van der Waals surface area contributed by atoms with E-state index in [2.05, 4.69) is 63.6 Å². The van der Waals surface area contributed by atoms with E-state index < -0.39 is 5.92 Å². The normalized spacial score (nSPS) is 21.5. The molecular weight excluding hydrogens is 446 g/mol. The minimum atomic E-state index is -0.419. The molecule has 0 radical (unpaired) electrons. The molecule has 3 aromatic rings. The number of allylic oxidation sites excluding steroid dienone is 4. The predicted molar refractivity (Wildman–Crippen MR) is 142 cm³/mol. The number of Topliss-reactive ketones (excluding diaryl/α,β-unsaturated/α-hetero) is 2. The summed E-state index contributed by atoms with van der Waals surface area (Å²) in [5.74, 6) is 1.30. The SMILES string of the molecule is Cn1c(-c2ccccc2)c(C2C3=C(CC(C)(C)CC3=O)OC3=C2C(=O)CC(C)(C)C3)c2ccccc21. The standard InChI is InChI=1S/C32H33NO3/c1-31(2)15-22(34)27-24(17-31)36-25-18-32(3,4)16-23(35)28(25)29(27)26-20-13-9-10-14-21(20)33(5)30(26)19-11-7-6-8-12-19/h6-14,29H,15-18H2,1-5H3. The Morgan fingerprint density at radius 1 is 0.750 bits per heavy atom. The van der Waals surface area contributed by atoms with Gasteiger partial charge in [0.15, 0.2) is 11.6 Å². The number of rotatable bonds is 2. The lowest BCUT2D eigenvalue weighted by molar-refractivity contribution is -0.120. The van der Waals surface area contributed by atoms with Crippen LogP contribution < -0.4 is 0 Å². The molecule has 36 heavy (non-hydrogen) atoms. The molecule has 1 aromatic heterocycles. The third-order valence-electron chi connectivity index (χ3n) is 8.06. The van der Waals surface area contributed by atoms with E-state index in [0.29, 0.717) is 36.8 Å². The Hall–Kier alpha value is -3.40. The van der Waals surface area contributed by atoms with E-state index in [-0.39, 0.29) is 22.4 Å². The smallest absolute Gasteiger partial charge is 0.163 e. The van der Waals surface area contributed by atoms with Crippen LogP contribution in [0.2, 0.25) is 0 Å². The van der Waals surface area contributed by atoms with Crippen molar-refractivity contribution < 1.29 is 14.3 Å². The van der Waals surface area contributed by atoms with Gasteiger partial charge in [-0.25, -0.2) is 0 Å². The second-order valence-electron chi connectivity index (χ2n) is 12.3. The fourth-order valence-electron chi connectivity index (χ4n) is 6.62. The molecule has 0 amide bonds. The number of ether oxygens (including phenoxy) is 1. The number of carbonyl (C=O) groups is 2. The molecule has 0 saturated carbocycles. The van der Waals surface area contributed by atoms with Gasteiger partial charge < -0.3 is 9.30 Å². The van der Waals surface area contributed by atoms with Crippen molar-refractivity contribution in [1.29, 1.82) is 0 Å². The summed E-state index contributed by atoms with van der Waals surface area (Å²) in [5.41, 5.74) is 5.30. The number of aryl methyl sites for hydroxylation is 1. The monoisotopic (exact) mass is 479 g/mol. The number of nitrogens with zero attached hydrogens (tertiary/aromatic N) is 1. The zero-order valence-electron chi connectivity index (χ0n) is 21.8. The number of fused-ring (bicyclic) bond motifs is 1. The summed E-state index contributed by atoms with van der Waals surface area (Å²) >= 11 is 0. The van der Waals surface area contributed by atoms with Gasteiger partial charge in [0.05, 0.1) is 11.6 Å². The number of aromatic nitrogens is 1. The number of hydrogen-bond acceptors (Lipinski definition) is 3. The number of benzene rings is 2. The van der Waals surface area contributed by atoms with E-state index >= 15 is 0 Å². The third-order valence-corrected chi connectivity index (χ3v) is 8.06. The average molecular weight is 480 g/mol. The maximum Gasteiger partial charge on any atom is 0.163 e. The summed E-state index contributed by atoms with van der Waals surface area (Å²) in [6.07, 6.45) is 2.31. The minimum absolute atomic E-state index is 0.0994. The van der Waals surface area contributed by atoms with Crippen molar-refractivity contribution in [1.82, 2.24) is 4.57 Å². The molecule has 0 unspecified atom stereocenters. The first-order chi connectivity index (χ1) is 17.1. The summed E-state index contributed by atoms with van der Waals surface area (Å²) in [4.78, 5) is 27.7. The molecule has 3 aliphatic rings. The average Bonchev–Trinajstić information content (AvgIpc) is 3.09. The fraction of sp³-hybridized carbons (Fsp3) is 0.375. The number of ketones is 2. The van der Waals surface area contributed by atoms with Crippen LogP contribution in [0.4, 0.5) is 0 Å². The van der Waals surface area contributed by atoms with Crippen LogP contribution in [0.5, 0.6) is 0 Å². The quantitative estimate of drug-likeness (QED) is 0.389. The Morgan fingerprint density at radius 3 is 1.86 bits per heavy atom. The highest BCUT2D eigenvalue weighted by molar-refractivity contribution is 6.08. The first-order valence-corrected chi connectivity index (χ1v) is 12.9. The van der Waals surface area contributed by atoms with Gasteiger partial charge in [-0.1, -0.05) is 76.2 Å². The molecule has 0 N–H and O–H groups in total. The van der Waals surface area contributed by atoms with Crippen molar-refractivity contribution in [2.75, 3.05) is 0 Å². The molecule has 2 aliphatic carbocycles. The minimum Gasteiger partial charge on any atom is -0.465 e. The van der Waals surface area contributed by atoms with E-state index in [1.165, 1.54) is 0 Å². The molecule has 0 saturated heterocycles. The van der Waals surface area contributed by atoms with Gasteiger partial charge in [0.1, 0.15) is 11.5 Å². The fourth-order valence-corrected chi connectivity index (χ4v) is 6.62. The van der Waals surface area contributed by atoms with Crippen LogP contribution in [0.15, 0.2) is 77.3 Å². The maximum atomic E-state index is 13.8. The molecule has 0 spiro atoms. The van der Waals surface area contributed by atoms with Gasteiger partial charge in [-0.3, -0.25) is 9.59 Å². The molecule has 0 fully saturated rings. The van der Waals surface area contributed by atoms with Gasteiger partial charge in [0.25, 0.3) is 0 Å². The van der Waals surface area contributed by atoms with Gasteiger partial charge in [-0.2, -0.15) is 0 Å². The van der Waals surface area contributed by atoms with Crippen LogP contribution in [0.3, 0.4) is 0 Å². The maximum absolute atomic E-state index is 13.8. The highest BCUT2D eigenvalue weighted by Crippen LogP contribution is 2.55. The predicted octanol–water partition coefficient (Wildman–Crippen LogP) is 7.25. The van der Waals surface area contributed by atoms with Crippen molar-refractivity contribution >= 4 is 22.5 Å². The van der Waals surface area contributed by atoms with Gasteiger partial charge in [-0.05, 0) is 28.0 Å². The third kappa shape index (κ3) is 3.49. The molecule has 0 bridgehead atoms. The lowest BCUT2D eigenvalue weighted by atomic mass is 9.65. The van der Waals surface area contributed by atoms with Crippen LogP contribution in [0, 0.1) is 10.8 Å². The van der Waals surface area contributed by atoms with Gasteiger partial charge in [0, 0.05) is 54.8 Å². The Bertz CT molecular complexity index is 1440. The second kappa shape index (κ2) is 7.80. The van der Waals surface area contributed by atoms with Crippen LogP contribution in [-0.4, -0.2) is 16.1 Å². The summed E-state index contributed by atoms with van der Waals surface area (Å²) in [6, 6.07) is 18.6. The molecule has 4 heteroatoms. The summed E-state index contributed by atoms with van der Waals surface area (Å²) < 4.78 is 8.75. The Kier molecular flexibility index (Phi) is 4.99. The molecule has 1 aliphatic heterocycles. The first kappa shape index (κ1) is 23.0. The summed E-state index contributed by atoms with van der Waals surface area (Å²) in [7, 11) is 2.08. The van der Waals surface area contributed by atoms with Crippen molar-refractivity contribution in [3.8, 4) is 11.3 Å². The molecule has 184 valence electrons. The largest absolute Gasteiger partial charge is 0.465 e. The molecular formula is C32H33NO3. The zero-order chi connectivity index (χ0) is 25.4. The van der Waals surface area contributed by atoms with Crippen LogP contribution in [-0.2, 0) is 21.4 Å². The highest BCUT2D eigenvalue weighted by atomic mass is 16.5. The van der Waals surface area contributed by atoms with Crippen molar-refractivity contribution in [2.24, 2.45) is 17.9 Å². The number of hydrogen-bond donors (Lipinski definition) is 0. The molecule has 2 aromatic carbocycles. The second-order valence-corrected chi connectivity index (χ2v) is 12.3. The summed E-state index contributed by atoms with van der Waals surface area (Å²) in [5, 5.41) is 1.08. The zero-order valence-corrected chi connectivity index (χ0v) is 21.8. The molecule has 6 rings (SSSR count). The highest BCUT2D eigenvalue weighted by Gasteiger charge is 2.49. The van der Waals surface area contributed by atoms with Crippen LogP contribution >= 0.6 is 0 Å². The summed E-state index contributed by atoms with van der Waals surface area (Å²) in [6.45, 7) is 8.50. The first-order valence-electron chi connectivity index (χ1n) is 12.9. The van der Waals surface area contributed by atoms with Gasteiger partial charge in [0.2, 0.25) is 0 Å². The van der Waals surface area contributed by atoms with Crippen molar-refractivity contribution in [2.45, 2.75) is 59.3 Å². The van der Waals surface area contributed by atoms with Crippen molar-refractivity contribution in [3.63, 3.8) is 0 Å². The van der Waals surface area contributed by atoms with E-state index in [9.17, 15) is 9.59 Å².